The number of nitrogens with one attached hydrogen (secondary N) is 1. The van der Waals surface area contributed by atoms with Crippen LogP contribution in [0.2, 0.25) is 5.02 Å². The van der Waals surface area contributed by atoms with Crippen molar-refractivity contribution in [1.29, 1.82) is 0 Å². The molecule has 4 heteroatoms. The van der Waals surface area contributed by atoms with Gasteiger partial charge in [0.25, 0.3) is 0 Å². The molecule has 1 N–H and O–H groups in total. The van der Waals surface area contributed by atoms with E-state index in [4.69, 9.17) is 16.3 Å². The molecule has 66 valence electrons. The molecule has 0 bridgehead atoms. The molecule has 1 unspecified atom stereocenters. The van der Waals surface area contributed by atoms with Crippen LogP contribution in [0, 0.1) is 0 Å². The van der Waals surface area contributed by atoms with Gasteiger partial charge in [0.2, 0.25) is 0 Å². The molecule has 0 saturated carbocycles. The number of hydrogen-bond donors (Lipinski definition) is 1. The molecule has 1 aromatic rings. The number of thiophene rings is 1. The predicted molar refractivity (Wildman–Crippen MR) is 51.4 cm³/mol. The molecule has 0 spiro atoms. The van der Waals surface area contributed by atoms with Crippen LogP contribution in [0.5, 0.6) is 5.75 Å². The summed E-state index contributed by atoms with van der Waals surface area (Å²) in [6.07, 6.45) is 1.03. The first-order valence-electron chi connectivity index (χ1n) is 3.87. The van der Waals surface area contributed by atoms with Crippen LogP contribution in [0.3, 0.4) is 0 Å². The molecule has 1 aliphatic heterocycles. The van der Waals surface area contributed by atoms with E-state index in [9.17, 15) is 0 Å². The van der Waals surface area contributed by atoms with Crippen LogP contribution in [0.15, 0.2) is 5.38 Å². The lowest BCUT2D eigenvalue weighted by molar-refractivity contribution is 0.249. The van der Waals surface area contributed by atoms with E-state index in [2.05, 4.69) is 5.32 Å². The van der Waals surface area contributed by atoms with Gasteiger partial charge in [0.1, 0.15) is 6.61 Å². The zero-order chi connectivity index (χ0) is 8.55. The lowest BCUT2D eigenvalue weighted by atomic mass is 10.1. The summed E-state index contributed by atoms with van der Waals surface area (Å²) in [5, 5.41) is 5.88. The lowest BCUT2D eigenvalue weighted by Crippen LogP contribution is -2.36. The zero-order valence-corrected chi connectivity index (χ0v) is 8.34. The first-order chi connectivity index (χ1) is 5.81. The molecule has 2 rings (SSSR count). The summed E-state index contributed by atoms with van der Waals surface area (Å²) < 4.78 is 5.51. The predicted octanol–water partition coefficient (Wildman–Crippen LogP) is 1.92. The minimum Gasteiger partial charge on any atom is -0.489 e. The van der Waals surface area contributed by atoms with Crippen molar-refractivity contribution < 1.29 is 4.74 Å². The molecule has 1 aliphatic rings. The number of rotatable bonds is 1. The number of hydrogen-bond acceptors (Lipinski definition) is 3. The normalized spacial score (nSPS) is 21.7. The Morgan fingerprint density at radius 2 is 2.58 bits per heavy atom. The third-order valence-corrected chi connectivity index (χ3v) is 3.44. The second kappa shape index (κ2) is 3.24. The highest BCUT2D eigenvalue weighted by atomic mass is 35.5. The molecule has 1 aromatic heterocycles. The number of halogens is 1. The molecule has 0 saturated heterocycles. The Morgan fingerprint density at radius 1 is 1.75 bits per heavy atom. The molecule has 1 atom stereocenters. The standard InChI is InChI=1S/C8H10ClNOS/c1-10-5-2-7-8(11-3-5)6(9)4-12-7/h4-5,10H,2-3H2,1H3. The van der Waals surface area contributed by atoms with Gasteiger partial charge in [-0.25, -0.2) is 0 Å². The summed E-state index contributed by atoms with van der Waals surface area (Å²) in [5.41, 5.74) is 0. The Morgan fingerprint density at radius 3 is 3.33 bits per heavy atom. The Kier molecular flexibility index (Phi) is 2.26. The van der Waals surface area contributed by atoms with Crippen molar-refractivity contribution >= 4 is 22.9 Å². The summed E-state index contributed by atoms with van der Waals surface area (Å²) in [7, 11) is 1.95. The van der Waals surface area contributed by atoms with Crippen LogP contribution in [0.4, 0.5) is 0 Å². The average molecular weight is 204 g/mol. The van der Waals surface area contributed by atoms with E-state index >= 15 is 0 Å². The Labute approximate surface area is 80.5 Å². The maximum atomic E-state index is 5.91. The van der Waals surface area contributed by atoms with E-state index in [1.807, 2.05) is 12.4 Å². The second-order valence-electron chi connectivity index (χ2n) is 2.84. The Balaban J connectivity index is 2.24. The summed E-state index contributed by atoms with van der Waals surface area (Å²) in [6, 6.07) is 0.437. The minimum atomic E-state index is 0.437. The number of likely N-dealkylation sites (N-methyl/N-ethyl adjacent to an activating group) is 1. The third kappa shape index (κ3) is 1.32. The zero-order valence-electron chi connectivity index (χ0n) is 6.76. The van der Waals surface area contributed by atoms with E-state index in [0.29, 0.717) is 6.04 Å². The van der Waals surface area contributed by atoms with Crippen LogP contribution in [0.25, 0.3) is 0 Å². The van der Waals surface area contributed by atoms with Gasteiger partial charge in [0, 0.05) is 22.7 Å². The van der Waals surface area contributed by atoms with E-state index in [1.54, 1.807) is 11.3 Å². The van der Waals surface area contributed by atoms with Gasteiger partial charge in [-0.05, 0) is 7.05 Å². The van der Waals surface area contributed by atoms with Crippen molar-refractivity contribution in [2.75, 3.05) is 13.7 Å². The van der Waals surface area contributed by atoms with Crippen molar-refractivity contribution in [2.45, 2.75) is 12.5 Å². The highest BCUT2D eigenvalue weighted by Gasteiger charge is 2.21. The summed E-state index contributed by atoms with van der Waals surface area (Å²) in [5.74, 6) is 0.896. The van der Waals surface area contributed by atoms with Crippen LogP contribution in [0.1, 0.15) is 4.88 Å². The monoisotopic (exact) mass is 203 g/mol. The van der Waals surface area contributed by atoms with E-state index in [1.165, 1.54) is 4.88 Å². The first-order valence-corrected chi connectivity index (χ1v) is 5.13. The Bertz CT molecular complexity index is 287. The van der Waals surface area contributed by atoms with Crippen LogP contribution in [-0.2, 0) is 6.42 Å². The van der Waals surface area contributed by atoms with Gasteiger partial charge in [-0.2, -0.15) is 0 Å². The van der Waals surface area contributed by atoms with Crippen LogP contribution in [-0.4, -0.2) is 19.7 Å². The van der Waals surface area contributed by atoms with Gasteiger partial charge in [0.15, 0.2) is 5.75 Å². The fraction of sp³-hybridized carbons (Fsp3) is 0.500. The second-order valence-corrected chi connectivity index (χ2v) is 4.21. The largest absolute Gasteiger partial charge is 0.489 e. The van der Waals surface area contributed by atoms with Gasteiger partial charge in [0.05, 0.1) is 5.02 Å². The van der Waals surface area contributed by atoms with Gasteiger partial charge in [-0.15, -0.1) is 11.3 Å². The molecule has 0 aliphatic carbocycles. The fourth-order valence-corrected chi connectivity index (χ4v) is 2.59. The highest BCUT2D eigenvalue weighted by Crippen LogP contribution is 2.37. The van der Waals surface area contributed by atoms with Crippen molar-refractivity contribution in [2.24, 2.45) is 0 Å². The molecule has 2 nitrogen and oxygen atoms in total. The maximum Gasteiger partial charge on any atom is 0.151 e. The SMILES string of the molecule is CNC1COc2c(Cl)csc2C1. The summed E-state index contributed by atoms with van der Waals surface area (Å²) >= 11 is 7.59. The molecule has 2 heterocycles. The van der Waals surface area contributed by atoms with Gasteiger partial charge >= 0.3 is 0 Å². The van der Waals surface area contributed by atoms with Gasteiger partial charge in [-0.3, -0.25) is 0 Å². The summed E-state index contributed by atoms with van der Waals surface area (Å²) in [4.78, 5) is 1.26. The fourth-order valence-electron chi connectivity index (χ4n) is 1.31. The van der Waals surface area contributed by atoms with E-state index in [-0.39, 0.29) is 0 Å². The summed E-state index contributed by atoms with van der Waals surface area (Å²) in [6.45, 7) is 0.722. The maximum absolute atomic E-state index is 5.91. The van der Waals surface area contributed by atoms with Gasteiger partial charge in [-0.1, -0.05) is 11.6 Å². The van der Waals surface area contributed by atoms with E-state index < -0.39 is 0 Å². The molecule has 0 amide bonds. The van der Waals surface area contributed by atoms with Crippen molar-refractivity contribution in [1.82, 2.24) is 5.32 Å². The molecular formula is C8H10ClNOS. The lowest BCUT2D eigenvalue weighted by Gasteiger charge is -2.22. The first kappa shape index (κ1) is 8.35. The van der Waals surface area contributed by atoms with Crippen LogP contribution >= 0.6 is 22.9 Å². The van der Waals surface area contributed by atoms with Crippen molar-refractivity contribution in [3.05, 3.63) is 15.3 Å². The quantitative estimate of drug-likeness (QED) is 0.753. The number of ether oxygens (including phenoxy) is 1. The molecule has 12 heavy (non-hydrogen) atoms. The van der Waals surface area contributed by atoms with Crippen LogP contribution < -0.4 is 10.1 Å². The Hall–Kier alpha value is -0.250. The number of fused-ring (bicyclic) bond motifs is 1. The van der Waals surface area contributed by atoms with E-state index in [0.717, 1.165) is 23.8 Å². The molecule has 0 fully saturated rings. The minimum absolute atomic E-state index is 0.437. The molecule has 0 aromatic carbocycles. The molecule has 0 radical (unpaired) electrons. The van der Waals surface area contributed by atoms with Crippen molar-refractivity contribution in [3.63, 3.8) is 0 Å². The topological polar surface area (TPSA) is 21.3 Å². The highest BCUT2D eigenvalue weighted by molar-refractivity contribution is 7.10. The van der Waals surface area contributed by atoms with Gasteiger partial charge < -0.3 is 10.1 Å². The average Bonchev–Trinajstić information content (AvgIpc) is 2.47. The van der Waals surface area contributed by atoms with Crippen molar-refractivity contribution in [3.8, 4) is 5.75 Å². The third-order valence-electron chi connectivity index (χ3n) is 2.04. The smallest absolute Gasteiger partial charge is 0.151 e. The molecular weight excluding hydrogens is 194 g/mol.